The second-order valence-electron chi connectivity index (χ2n) is 7.11. The number of phenols is 1. The lowest BCUT2D eigenvalue weighted by Gasteiger charge is -2.11. The van der Waals surface area contributed by atoms with Crippen LogP contribution in [-0.4, -0.2) is 53.0 Å². The van der Waals surface area contributed by atoms with E-state index in [2.05, 4.69) is 25.6 Å². The van der Waals surface area contributed by atoms with E-state index in [0.29, 0.717) is 27.8 Å². The van der Waals surface area contributed by atoms with Crippen molar-refractivity contribution in [2.75, 3.05) is 29.1 Å². The standard InChI is InChI=1S/C11H12N2O4S.C9H9N5O3S/c1-13-8-3-2-6-4-7(18(15,16)17)5-9(14)10(6)11(8)12;10-7-2-1-6(3-8(7)18(15,16)17)14-9-12-4-11-5-13-9/h2-5,13-14H,12H2,1H3,(H,15,16,17);1-5H,10H2,(H,15,16,17)(H,11,12,13,14). The molecule has 14 nitrogen and oxygen atoms in total. The van der Waals surface area contributed by atoms with E-state index in [1.54, 1.807) is 19.2 Å². The molecule has 0 aliphatic rings. The largest absolute Gasteiger partial charge is 0.507 e. The second kappa shape index (κ2) is 10.2. The van der Waals surface area contributed by atoms with Crippen LogP contribution in [0.15, 0.2) is 64.9 Å². The zero-order valence-corrected chi connectivity index (χ0v) is 20.1. The molecule has 0 fully saturated rings. The van der Waals surface area contributed by atoms with Gasteiger partial charge in [-0.25, -0.2) is 15.0 Å². The summed E-state index contributed by atoms with van der Waals surface area (Å²) in [5, 5.41) is 16.2. The summed E-state index contributed by atoms with van der Waals surface area (Å²) in [5.41, 5.74) is 12.6. The third kappa shape index (κ3) is 6.05. The van der Waals surface area contributed by atoms with Crippen molar-refractivity contribution in [3.8, 4) is 5.75 Å². The van der Waals surface area contributed by atoms with Gasteiger partial charge in [-0.1, -0.05) is 6.07 Å². The number of fused-ring (bicyclic) bond motifs is 1. The lowest BCUT2D eigenvalue weighted by Crippen LogP contribution is -2.04. The maximum absolute atomic E-state index is 11.1. The molecule has 0 amide bonds. The van der Waals surface area contributed by atoms with Gasteiger partial charge in [0.15, 0.2) is 0 Å². The van der Waals surface area contributed by atoms with E-state index < -0.39 is 20.2 Å². The second-order valence-corrected chi connectivity index (χ2v) is 9.92. The molecular weight excluding hydrogens is 514 g/mol. The number of hydrogen-bond donors (Lipinski definition) is 7. The molecule has 0 unspecified atom stereocenters. The van der Waals surface area contributed by atoms with Gasteiger partial charge < -0.3 is 27.2 Å². The van der Waals surface area contributed by atoms with Crippen molar-refractivity contribution >= 4 is 59.7 Å². The Morgan fingerprint density at radius 1 is 0.889 bits per heavy atom. The summed E-state index contributed by atoms with van der Waals surface area (Å²) in [6, 6.07) is 9.55. The van der Waals surface area contributed by atoms with E-state index in [1.807, 2.05) is 0 Å². The molecule has 0 aliphatic carbocycles. The van der Waals surface area contributed by atoms with Gasteiger partial charge in [0, 0.05) is 24.2 Å². The maximum atomic E-state index is 11.1. The summed E-state index contributed by atoms with van der Waals surface area (Å²) >= 11 is 0. The Bertz CT molecular complexity index is 1630. The lowest BCUT2D eigenvalue weighted by atomic mass is 10.1. The van der Waals surface area contributed by atoms with Crippen LogP contribution in [0.25, 0.3) is 10.8 Å². The smallest absolute Gasteiger partial charge is 0.296 e. The number of benzene rings is 3. The van der Waals surface area contributed by atoms with E-state index in [9.17, 15) is 21.9 Å². The Hall–Kier alpha value is -4.25. The molecule has 16 heteroatoms. The molecule has 0 spiro atoms. The Kier molecular flexibility index (Phi) is 7.44. The molecule has 0 radical (unpaired) electrons. The Morgan fingerprint density at radius 2 is 1.56 bits per heavy atom. The first-order valence-electron chi connectivity index (χ1n) is 9.77. The predicted molar refractivity (Wildman–Crippen MR) is 133 cm³/mol. The number of hydrogen-bond acceptors (Lipinski definition) is 12. The third-order valence-electron chi connectivity index (χ3n) is 4.72. The van der Waals surface area contributed by atoms with Crippen molar-refractivity contribution in [1.29, 1.82) is 0 Å². The highest BCUT2D eigenvalue weighted by molar-refractivity contribution is 7.86. The molecule has 9 N–H and O–H groups in total. The maximum Gasteiger partial charge on any atom is 0.296 e. The molecule has 0 atom stereocenters. The van der Waals surface area contributed by atoms with Gasteiger partial charge in [0.2, 0.25) is 5.95 Å². The molecule has 0 aliphatic heterocycles. The first-order valence-corrected chi connectivity index (χ1v) is 12.7. The minimum atomic E-state index is -4.37. The molecule has 1 heterocycles. The van der Waals surface area contributed by atoms with Crippen molar-refractivity contribution < 1.29 is 31.0 Å². The fourth-order valence-electron chi connectivity index (χ4n) is 3.08. The number of nitrogen functional groups attached to an aromatic ring is 2. The van der Waals surface area contributed by atoms with E-state index in [0.717, 1.165) is 6.07 Å². The summed E-state index contributed by atoms with van der Waals surface area (Å²) < 4.78 is 62.1. The van der Waals surface area contributed by atoms with Crippen LogP contribution in [0.3, 0.4) is 0 Å². The number of anilines is 5. The van der Waals surface area contributed by atoms with E-state index in [-0.39, 0.29) is 27.2 Å². The van der Waals surface area contributed by atoms with Crippen LogP contribution in [-0.2, 0) is 20.2 Å². The van der Waals surface area contributed by atoms with Crippen LogP contribution in [0.1, 0.15) is 0 Å². The van der Waals surface area contributed by atoms with Crippen molar-refractivity contribution in [3.05, 3.63) is 55.1 Å². The van der Waals surface area contributed by atoms with Gasteiger partial charge in [0.1, 0.15) is 23.3 Å². The van der Waals surface area contributed by atoms with Gasteiger partial charge in [-0.05, 0) is 35.7 Å². The summed E-state index contributed by atoms with van der Waals surface area (Å²) in [5.74, 6) is -0.0502. The highest BCUT2D eigenvalue weighted by Crippen LogP contribution is 2.36. The molecule has 0 bridgehead atoms. The molecule has 0 saturated carbocycles. The van der Waals surface area contributed by atoms with E-state index >= 15 is 0 Å². The molecule has 190 valence electrons. The Balaban J connectivity index is 0.000000201. The average molecular weight is 536 g/mol. The number of nitrogens with zero attached hydrogens (tertiary/aromatic N) is 3. The zero-order valence-electron chi connectivity index (χ0n) is 18.5. The van der Waals surface area contributed by atoms with Crippen LogP contribution in [0, 0.1) is 0 Å². The molecule has 1 aromatic heterocycles. The number of phenolic OH excluding ortho intramolecular Hbond substituents is 1. The zero-order chi connectivity index (χ0) is 26.7. The van der Waals surface area contributed by atoms with Crippen molar-refractivity contribution in [3.63, 3.8) is 0 Å². The lowest BCUT2D eigenvalue weighted by molar-refractivity contribution is 0.471. The molecule has 4 aromatic rings. The molecular formula is C20H21N7O7S2. The molecule has 0 saturated heterocycles. The first-order chi connectivity index (χ1) is 16.8. The quantitative estimate of drug-likeness (QED) is 0.142. The average Bonchev–Trinajstić information content (AvgIpc) is 2.80. The fraction of sp³-hybridized carbons (Fsp3) is 0.0500. The Labute approximate surface area is 205 Å². The topological polar surface area (TPSA) is 244 Å². The van der Waals surface area contributed by atoms with Gasteiger partial charge in [-0.3, -0.25) is 9.11 Å². The van der Waals surface area contributed by atoms with Crippen LogP contribution in [0.4, 0.5) is 28.7 Å². The van der Waals surface area contributed by atoms with Crippen molar-refractivity contribution in [2.24, 2.45) is 0 Å². The monoisotopic (exact) mass is 535 g/mol. The van der Waals surface area contributed by atoms with Gasteiger partial charge in [-0.15, -0.1) is 0 Å². The third-order valence-corrected chi connectivity index (χ3v) is 6.46. The van der Waals surface area contributed by atoms with Gasteiger partial charge in [-0.2, -0.15) is 16.8 Å². The van der Waals surface area contributed by atoms with Crippen molar-refractivity contribution in [2.45, 2.75) is 9.79 Å². The minimum Gasteiger partial charge on any atom is -0.507 e. The van der Waals surface area contributed by atoms with E-state index in [1.165, 1.54) is 36.9 Å². The van der Waals surface area contributed by atoms with Gasteiger partial charge >= 0.3 is 0 Å². The summed E-state index contributed by atoms with van der Waals surface area (Å²) in [6.45, 7) is 0. The summed E-state index contributed by atoms with van der Waals surface area (Å²) in [7, 11) is -7.05. The van der Waals surface area contributed by atoms with Crippen LogP contribution in [0.2, 0.25) is 0 Å². The fourth-order valence-corrected chi connectivity index (χ4v) is 4.26. The number of rotatable bonds is 5. The minimum absolute atomic E-state index is 0.0429. The number of aromatic hydroxyl groups is 1. The van der Waals surface area contributed by atoms with E-state index in [4.69, 9.17) is 20.6 Å². The van der Waals surface area contributed by atoms with Crippen LogP contribution < -0.4 is 22.1 Å². The number of aromatic nitrogens is 3. The van der Waals surface area contributed by atoms with Gasteiger partial charge in [0.05, 0.1) is 22.0 Å². The first kappa shape index (κ1) is 26.4. The molecule has 4 rings (SSSR count). The summed E-state index contributed by atoms with van der Waals surface area (Å²) in [4.78, 5) is 10.5. The molecule has 3 aromatic carbocycles. The highest BCUT2D eigenvalue weighted by atomic mass is 32.2. The molecule has 36 heavy (non-hydrogen) atoms. The normalized spacial score (nSPS) is 11.4. The van der Waals surface area contributed by atoms with Crippen LogP contribution in [0.5, 0.6) is 5.75 Å². The predicted octanol–water partition coefficient (Wildman–Crippen LogP) is 1.86. The van der Waals surface area contributed by atoms with Gasteiger partial charge in [0.25, 0.3) is 20.2 Å². The highest BCUT2D eigenvalue weighted by Gasteiger charge is 2.16. The van der Waals surface area contributed by atoms with Crippen LogP contribution >= 0.6 is 0 Å². The summed E-state index contributed by atoms with van der Waals surface area (Å²) in [6.07, 6.45) is 2.58. The van der Waals surface area contributed by atoms with Crippen molar-refractivity contribution in [1.82, 2.24) is 15.0 Å². The SMILES string of the molecule is CNc1ccc2cc(S(=O)(=O)O)cc(O)c2c1N.Nc1ccc(Nc2ncncn2)cc1S(=O)(=O)O. The Morgan fingerprint density at radius 3 is 2.14 bits per heavy atom. The number of nitrogens with one attached hydrogen (secondary N) is 2. The number of nitrogens with two attached hydrogens (primary N) is 2.